The van der Waals surface area contributed by atoms with E-state index in [1.807, 2.05) is 23.9 Å². The van der Waals surface area contributed by atoms with Gasteiger partial charge in [0.2, 0.25) is 0 Å². The highest BCUT2D eigenvalue weighted by Crippen LogP contribution is 2.41. The molecule has 1 aliphatic rings. The highest BCUT2D eigenvalue weighted by atomic mass is 35.5. The fourth-order valence-electron chi connectivity index (χ4n) is 2.78. The number of hydrogen-bond acceptors (Lipinski definition) is 3. The topological polar surface area (TPSA) is 38.0 Å². The van der Waals surface area contributed by atoms with E-state index in [1.54, 1.807) is 18.2 Å². The zero-order valence-corrected chi connectivity index (χ0v) is 12.9. The van der Waals surface area contributed by atoms with Gasteiger partial charge in [0.15, 0.2) is 0 Å². The molecule has 110 valence electrons. The summed E-state index contributed by atoms with van der Waals surface area (Å²) in [7, 11) is 0. The number of hydrogen-bond donors (Lipinski definition) is 2. The van der Waals surface area contributed by atoms with Gasteiger partial charge in [-0.05, 0) is 29.7 Å². The third-order valence-electron chi connectivity index (χ3n) is 3.91. The van der Waals surface area contributed by atoms with Crippen LogP contribution in [0.5, 0.6) is 0 Å². The van der Waals surface area contributed by atoms with Crippen molar-refractivity contribution in [3.8, 4) is 0 Å². The van der Waals surface area contributed by atoms with Gasteiger partial charge in [0.25, 0.3) is 0 Å². The molecule has 0 spiro atoms. The minimum Gasteiger partial charge on any atom is -0.271 e. The summed E-state index contributed by atoms with van der Waals surface area (Å²) >= 11 is 7.67. The molecular formula is C16H16ClFN2S. The standard InChI is InChI=1S/C16H16ClFN2S/c17-13-6-3-4-10(16(13)18)8-14(20-19)12-9-21-15-7-2-1-5-11(12)15/h1-7,12,14,20H,8-9,19H2. The summed E-state index contributed by atoms with van der Waals surface area (Å²) in [6.45, 7) is 0. The zero-order chi connectivity index (χ0) is 14.8. The van der Waals surface area contributed by atoms with Crippen LogP contribution < -0.4 is 11.3 Å². The highest BCUT2D eigenvalue weighted by molar-refractivity contribution is 7.99. The first-order chi connectivity index (χ1) is 10.2. The van der Waals surface area contributed by atoms with Crippen molar-refractivity contribution < 1.29 is 4.39 Å². The number of hydrazine groups is 1. The summed E-state index contributed by atoms with van der Waals surface area (Å²) in [5, 5.41) is 0.157. The van der Waals surface area contributed by atoms with Crippen LogP contribution in [0.2, 0.25) is 5.02 Å². The van der Waals surface area contributed by atoms with Crippen LogP contribution in [0.15, 0.2) is 47.4 Å². The van der Waals surface area contributed by atoms with Gasteiger partial charge in [0.05, 0.1) is 5.02 Å². The maximum atomic E-state index is 14.1. The van der Waals surface area contributed by atoms with E-state index in [9.17, 15) is 4.39 Å². The summed E-state index contributed by atoms with van der Waals surface area (Å²) in [6, 6.07) is 13.4. The van der Waals surface area contributed by atoms with Crippen molar-refractivity contribution >= 4 is 23.4 Å². The van der Waals surface area contributed by atoms with E-state index in [4.69, 9.17) is 17.4 Å². The Morgan fingerprint density at radius 2 is 2.10 bits per heavy atom. The smallest absolute Gasteiger partial charge is 0.145 e. The van der Waals surface area contributed by atoms with Crippen molar-refractivity contribution in [2.24, 2.45) is 5.84 Å². The first-order valence-electron chi connectivity index (χ1n) is 6.81. The minimum absolute atomic E-state index is 0.0193. The average Bonchev–Trinajstić information content (AvgIpc) is 2.93. The largest absolute Gasteiger partial charge is 0.271 e. The molecule has 1 aliphatic heterocycles. The average molecular weight is 323 g/mol. The molecule has 2 nitrogen and oxygen atoms in total. The molecule has 2 aromatic carbocycles. The SMILES string of the molecule is NNC(Cc1cccc(Cl)c1F)C1CSc2ccccc21. The van der Waals surface area contributed by atoms with Crippen molar-refractivity contribution in [1.82, 2.24) is 5.43 Å². The second-order valence-electron chi connectivity index (χ2n) is 5.15. The molecule has 5 heteroatoms. The predicted octanol–water partition coefficient (Wildman–Crippen LogP) is 3.74. The van der Waals surface area contributed by atoms with E-state index in [1.165, 1.54) is 10.5 Å². The Morgan fingerprint density at radius 1 is 1.29 bits per heavy atom. The summed E-state index contributed by atoms with van der Waals surface area (Å²) in [4.78, 5) is 1.29. The van der Waals surface area contributed by atoms with Crippen molar-refractivity contribution in [2.45, 2.75) is 23.3 Å². The van der Waals surface area contributed by atoms with Crippen LogP contribution in [0.1, 0.15) is 17.0 Å². The Labute approximate surface area is 132 Å². The lowest BCUT2D eigenvalue weighted by Crippen LogP contribution is -2.41. The first-order valence-corrected chi connectivity index (χ1v) is 8.18. The van der Waals surface area contributed by atoms with Crippen molar-refractivity contribution in [1.29, 1.82) is 0 Å². The van der Waals surface area contributed by atoms with E-state index in [2.05, 4.69) is 17.6 Å². The molecule has 0 amide bonds. The molecule has 0 radical (unpaired) electrons. The number of thioether (sulfide) groups is 1. The molecule has 0 aromatic heterocycles. The molecule has 2 atom stereocenters. The molecule has 2 aromatic rings. The number of benzene rings is 2. The van der Waals surface area contributed by atoms with Crippen LogP contribution in [0, 0.1) is 5.82 Å². The van der Waals surface area contributed by atoms with Crippen molar-refractivity contribution in [3.05, 3.63) is 64.4 Å². The van der Waals surface area contributed by atoms with Gasteiger partial charge in [-0.1, -0.05) is 41.9 Å². The Hall–Kier alpha value is -1.07. The van der Waals surface area contributed by atoms with Crippen LogP contribution in [0.4, 0.5) is 4.39 Å². The van der Waals surface area contributed by atoms with Crippen molar-refractivity contribution in [2.75, 3.05) is 5.75 Å². The number of fused-ring (bicyclic) bond motifs is 1. The number of halogens is 2. The molecule has 0 saturated carbocycles. The Kier molecular flexibility index (Phi) is 4.50. The van der Waals surface area contributed by atoms with Gasteiger partial charge in [0.1, 0.15) is 5.82 Å². The van der Waals surface area contributed by atoms with Gasteiger partial charge >= 0.3 is 0 Å². The van der Waals surface area contributed by atoms with Gasteiger partial charge in [0, 0.05) is 22.6 Å². The van der Waals surface area contributed by atoms with Crippen LogP contribution in [-0.2, 0) is 6.42 Å². The normalized spacial score (nSPS) is 18.5. The molecule has 1 heterocycles. The lowest BCUT2D eigenvalue weighted by Gasteiger charge is -2.23. The molecule has 2 unspecified atom stereocenters. The molecule has 0 aliphatic carbocycles. The van der Waals surface area contributed by atoms with E-state index in [-0.39, 0.29) is 22.8 Å². The molecule has 0 fully saturated rings. The molecule has 3 rings (SSSR count). The van der Waals surface area contributed by atoms with Crippen LogP contribution >= 0.6 is 23.4 Å². The molecule has 0 bridgehead atoms. The lowest BCUT2D eigenvalue weighted by atomic mass is 9.89. The van der Waals surface area contributed by atoms with Gasteiger partial charge in [-0.3, -0.25) is 11.3 Å². The van der Waals surface area contributed by atoms with E-state index < -0.39 is 0 Å². The Morgan fingerprint density at radius 3 is 2.90 bits per heavy atom. The van der Waals surface area contributed by atoms with E-state index >= 15 is 0 Å². The zero-order valence-electron chi connectivity index (χ0n) is 11.4. The summed E-state index contributed by atoms with van der Waals surface area (Å²) in [6.07, 6.45) is 0.516. The van der Waals surface area contributed by atoms with Crippen LogP contribution in [0.25, 0.3) is 0 Å². The third-order valence-corrected chi connectivity index (χ3v) is 5.41. The summed E-state index contributed by atoms with van der Waals surface area (Å²) < 4.78 is 14.1. The Balaban J connectivity index is 1.85. The van der Waals surface area contributed by atoms with Crippen LogP contribution in [-0.4, -0.2) is 11.8 Å². The fourth-order valence-corrected chi connectivity index (χ4v) is 4.31. The molecule has 0 saturated heterocycles. The van der Waals surface area contributed by atoms with Gasteiger partial charge in [-0.25, -0.2) is 4.39 Å². The van der Waals surface area contributed by atoms with Crippen molar-refractivity contribution in [3.63, 3.8) is 0 Å². The first kappa shape index (κ1) is 14.9. The number of nitrogens with one attached hydrogen (secondary N) is 1. The number of nitrogens with two attached hydrogens (primary N) is 1. The molecule has 21 heavy (non-hydrogen) atoms. The number of rotatable bonds is 4. The highest BCUT2D eigenvalue weighted by Gasteiger charge is 2.30. The van der Waals surface area contributed by atoms with E-state index in [0.717, 1.165) is 5.75 Å². The second kappa shape index (κ2) is 6.36. The second-order valence-corrected chi connectivity index (χ2v) is 6.61. The van der Waals surface area contributed by atoms with Gasteiger partial charge in [-0.2, -0.15) is 0 Å². The maximum Gasteiger partial charge on any atom is 0.145 e. The third kappa shape index (κ3) is 2.94. The van der Waals surface area contributed by atoms with Crippen LogP contribution in [0.3, 0.4) is 0 Å². The quantitative estimate of drug-likeness (QED) is 0.665. The van der Waals surface area contributed by atoms with Gasteiger partial charge in [-0.15, -0.1) is 11.8 Å². The minimum atomic E-state index is -0.349. The van der Waals surface area contributed by atoms with E-state index in [0.29, 0.717) is 12.0 Å². The lowest BCUT2D eigenvalue weighted by molar-refractivity contribution is 0.454. The monoisotopic (exact) mass is 322 g/mol. The molecule has 3 N–H and O–H groups in total. The predicted molar refractivity (Wildman–Crippen MR) is 86.1 cm³/mol. The molecular weight excluding hydrogens is 307 g/mol. The summed E-state index contributed by atoms with van der Waals surface area (Å²) in [5.41, 5.74) is 4.74. The fraction of sp³-hybridized carbons (Fsp3) is 0.250. The summed E-state index contributed by atoms with van der Waals surface area (Å²) in [5.74, 6) is 6.61. The maximum absolute atomic E-state index is 14.1. The van der Waals surface area contributed by atoms with Gasteiger partial charge < -0.3 is 0 Å². The Bertz CT molecular complexity index is 650.